The second-order valence-corrected chi connectivity index (χ2v) is 6.58. The van der Waals surface area contributed by atoms with E-state index in [-0.39, 0.29) is 11.9 Å². The van der Waals surface area contributed by atoms with Gasteiger partial charge in [-0.05, 0) is 23.9 Å². The first kappa shape index (κ1) is 16.8. The minimum Gasteiger partial charge on any atom is -0.379 e. The van der Waals surface area contributed by atoms with Crippen molar-refractivity contribution >= 4 is 23.0 Å². The van der Waals surface area contributed by atoms with Crippen molar-refractivity contribution < 1.29 is 9.53 Å². The average molecular weight is 343 g/mol. The van der Waals surface area contributed by atoms with Gasteiger partial charge in [-0.2, -0.15) is 5.10 Å². The minimum absolute atomic E-state index is 0.0405. The maximum atomic E-state index is 12.1. The summed E-state index contributed by atoms with van der Waals surface area (Å²) in [4.78, 5) is 15.1. The van der Waals surface area contributed by atoms with E-state index in [1.165, 1.54) is 16.9 Å². The van der Waals surface area contributed by atoms with Crippen LogP contribution in [-0.4, -0.2) is 42.8 Å². The summed E-state index contributed by atoms with van der Waals surface area (Å²) in [5.41, 5.74) is 4.72. The molecule has 1 aromatic carbocycles. The third-order valence-corrected chi connectivity index (χ3v) is 4.87. The van der Waals surface area contributed by atoms with Crippen LogP contribution in [-0.2, 0) is 4.74 Å². The van der Waals surface area contributed by atoms with Gasteiger partial charge in [0.1, 0.15) is 0 Å². The van der Waals surface area contributed by atoms with Gasteiger partial charge in [-0.25, -0.2) is 5.43 Å². The van der Waals surface area contributed by atoms with Crippen LogP contribution in [0.3, 0.4) is 0 Å². The summed E-state index contributed by atoms with van der Waals surface area (Å²) in [6.07, 6.45) is 0. The number of hydrazone groups is 1. The summed E-state index contributed by atoms with van der Waals surface area (Å²) in [6, 6.07) is 13.9. The van der Waals surface area contributed by atoms with E-state index < -0.39 is 0 Å². The Bertz CT molecular complexity index is 680. The zero-order chi connectivity index (χ0) is 16.8. The predicted molar refractivity (Wildman–Crippen MR) is 96.5 cm³/mol. The Morgan fingerprint density at radius 1 is 1.21 bits per heavy atom. The number of benzene rings is 1. The summed E-state index contributed by atoms with van der Waals surface area (Å²) in [6.45, 7) is 5.11. The molecule has 3 rings (SSSR count). The molecule has 126 valence electrons. The van der Waals surface area contributed by atoms with Crippen LogP contribution < -0.4 is 5.43 Å². The normalized spacial score (nSPS) is 17.5. The van der Waals surface area contributed by atoms with Crippen molar-refractivity contribution in [1.82, 2.24) is 10.3 Å². The summed E-state index contributed by atoms with van der Waals surface area (Å²) in [7, 11) is 0. The van der Waals surface area contributed by atoms with Crippen LogP contribution in [0.5, 0.6) is 0 Å². The first-order chi connectivity index (χ1) is 11.8. The molecule has 1 aromatic heterocycles. The lowest BCUT2D eigenvalue weighted by Gasteiger charge is -2.34. The first-order valence-corrected chi connectivity index (χ1v) is 8.88. The van der Waals surface area contributed by atoms with E-state index in [1.807, 2.05) is 36.6 Å². The molecule has 0 radical (unpaired) electrons. The van der Waals surface area contributed by atoms with Gasteiger partial charge in [-0.15, -0.1) is 11.3 Å². The fourth-order valence-electron chi connectivity index (χ4n) is 2.85. The number of amides is 1. The van der Waals surface area contributed by atoms with Crippen molar-refractivity contribution in [2.45, 2.75) is 13.0 Å². The molecule has 0 spiro atoms. The molecule has 5 nitrogen and oxygen atoms in total. The molecule has 1 aliphatic heterocycles. The minimum atomic E-state index is -0.168. The monoisotopic (exact) mass is 343 g/mol. The third kappa shape index (κ3) is 4.08. The number of nitrogens with one attached hydrogen (secondary N) is 1. The molecule has 1 N–H and O–H groups in total. The second kappa shape index (κ2) is 8.19. The highest BCUT2D eigenvalue weighted by Crippen LogP contribution is 2.23. The standard InChI is InChI=1S/C18H21N3O2S/c1-14(19-20-18(22)16-8-5-13-24-16)17(15-6-3-2-4-7-15)21-9-11-23-12-10-21/h2-8,13,17H,9-12H2,1H3,(H,20,22)/b19-14-/t17-/m0/s1. The number of nitrogens with zero attached hydrogens (tertiary/aromatic N) is 2. The van der Waals surface area contributed by atoms with E-state index in [0.717, 1.165) is 32.0 Å². The van der Waals surface area contributed by atoms with Crippen molar-refractivity contribution in [3.63, 3.8) is 0 Å². The third-order valence-electron chi connectivity index (χ3n) is 4.00. The van der Waals surface area contributed by atoms with Crippen LogP contribution >= 0.6 is 11.3 Å². The number of rotatable bonds is 5. The van der Waals surface area contributed by atoms with Gasteiger partial charge in [0.2, 0.25) is 0 Å². The van der Waals surface area contributed by atoms with E-state index in [9.17, 15) is 4.79 Å². The van der Waals surface area contributed by atoms with Gasteiger partial charge in [-0.1, -0.05) is 36.4 Å². The Kier molecular flexibility index (Phi) is 5.74. The van der Waals surface area contributed by atoms with Gasteiger partial charge < -0.3 is 4.74 Å². The van der Waals surface area contributed by atoms with Crippen molar-refractivity contribution in [2.75, 3.05) is 26.3 Å². The zero-order valence-corrected chi connectivity index (χ0v) is 14.5. The molecule has 1 atom stereocenters. The van der Waals surface area contributed by atoms with Gasteiger partial charge in [0.15, 0.2) is 0 Å². The lowest BCUT2D eigenvalue weighted by Crippen LogP contribution is -2.42. The maximum Gasteiger partial charge on any atom is 0.281 e. The van der Waals surface area contributed by atoms with Crippen molar-refractivity contribution in [1.29, 1.82) is 0 Å². The fourth-order valence-corrected chi connectivity index (χ4v) is 3.46. The second-order valence-electron chi connectivity index (χ2n) is 5.63. The number of carbonyl (C=O) groups is 1. The molecule has 0 bridgehead atoms. The van der Waals surface area contributed by atoms with Crippen molar-refractivity contribution in [3.05, 3.63) is 58.3 Å². The smallest absolute Gasteiger partial charge is 0.281 e. The van der Waals surface area contributed by atoms with Gasteiger partial charge >= 0.3 is 0 Å². The zero-order valence-electron chi connectivity index (χ0n) is 13.6. The molecule has 24 heavy (non-hydrogen) atoms. The summed E-state index contributed by atoms with van der Waals surface area (Å²) >= 11 is 1.41. The van der Waals surface area contributed by atoms with Crippen LogP contribution in [0.15, 0.2) is 52.9 Å². The highest BCUT2D eigenvalue weighted by molar-refractivity contribution is 7.12. The maximum absolute atomic E-state index is 12.1. The number of morpholine rings is 1. The average Bonchev–Trinajstić information content (AvgIpc) is 3.16. The molecule has 0 unspecified atom stereocenters. The molecule has 1 saturated heterocycles. The van der Waals surface area contributed by atoms with Gasteiger partial charge in [-0.3, -0.25) is 9.69 Å². The van der Waals surface area contributed by atoms with E-state index in [1.54, 1.807) is 6.07 Å². The van der Waals surface area contributed by atoms with Crippen LogP contribution in [0, 0.1) is 0 Å². The number of carbonyl (C=O) groups excluding carboxylic acids is 1. The van der Waals surface area contributed by atoms with Crippen LogP contribution in [0.25, 0.3) is 0 Å². The quantitative estimate of drug-likeness (QED) is 0.671. The molecule has 2 aromatic rings. The fraction of sp³-hybridized carbons (Fsp3) is 0.333. The lowest BCUT2D eigenvalue weighted by molar-refractivity contribution is 0.0285. The highest BCUT2D eigenvalue weighted by Gasteiger charge is 2.25. The number of thiophene rings is 1. The molecule has 2 heterocycles. The summed E-state index contributed by atoms with van der Waals surface area (Å²) < 4.78 is 5.46. The van der Waals surface area contributed by atoms with E-state index >= 15 is 0 Å². The highest BCUT2D eigenvalue weighted by atomic mass is 32.1. The lowest BCUT2D eigenvalue weighted by atomic mass is 10.0. The molecule has 0 aliphatic carbocycles. The molecular formula is C18H21N3O2S. The Labute approximate surface area is 145 Å². The molecule has 1 aliphatic rings. The predicted octanol–water partition coefficient (Wildman–Crippen LogP) is 2.93. The molecule has 6 heteroatoms. The Balaban J connectivity index is 1.78. The van der Waals surface area contributed by atoms with E-state index in [2.05, 4.69) is 27.6 Å². The number of hydrogen-bond donors (Lipinski definition) is 1. The Morgan fingerprint density at radius 2 is 1.96 bits per heavy atom. The van der Waals surface area contributed by atoms with Crippen LogP contribution in [0.4, 0.5) is 0 Å². The molecule has 0 saturated carbocycles. The SMILES string of the molecule is C/C(=N/NC(=O)c1cccs1)[C@@H](c1ccccc1)N1CCOCC1. The van der Waals surface area contributed by atoms with Crippen molar-refractivity contribution in [2.24, 2.45) is 5.10 Å². The van der Waals surface area contributed by atoms with Crippen LogP contribution in [0.2, 0.25) is 0 Å². The molecule has 1 amide bonds. The first-order valence-electron chi connectivity index (χ1n) is 8.00. The van der Waals surface area contributed by atoms with Gasteiger partial charge in [0, 0.05) is 13.1 Å². The largest absolute Gasteiger partial charge is 0.379 e. The summed E-state index contributed by atoms with van der Waals surface area (Å²) in [5.74, 6) is -0.168. The summed E-state index contributed by atoms with van der Waals surface area (Å²) in [5, 5.41) is 6.25. The van der Waals surface area contributed by atoms with Gasteiger partial charge in [0.05, 0.1) is 29.8 Å². The molecular weight excluding hydrogens is 322 g/mol. The Hall–Kier alpha value is -2.02. The number of hydrogen-bond acceptors (Lipinski definition) is 5. The van der Waals surface area contributed by atoms with Crippen LogP contribution in [0.1, 0.15) is 28.2 Å². The van der Waals surface area contributed by atoms with E-state index in [0.29, 0.717) is 4.88 Å². The van der Waals surface area contributed by atoms with E-state index in [4.69, 9.17) is 4.74 Å². The molecule has 1 fully saturated rings. The van der Waals surface area contributed by atoms with Crippen molar-refractivity contribution in [3.8, 4) is 0 Å². The van der Waals surface area contributed by atoms with Gasteiger partial charge in [0.25, 0.3) is 5.91 Å². The Morgan fingerprint density at radius 3 is 2.62 bits per heavy atom. The number of ether oxygens (including phenoxy) is 1. The topological polar surface area (TPSA) is 53.9 Å².